The first-order valence-corrected chi connectivity index (χ1v) is 8.07. The van der Waals surface area contributed by atoms with Gasteiger partial charge in [-0.05, 0) is 44.0 Å². The average molecular weight is 355 g/mol. The normalized spacial score (nSPS) is 21.9. The molecule has 5 nitrogen and oxygen atoms in total. The van der Waals surface area contributed by atoms with Crippen LogP contribution in [-0.2, 0) is 4.79 Å². The number of amides is 1. The van der Waals surface area contributed by atoms with E-state index in [1.54, 1.807) is 0 Å². The number of ether oxygens (including phenoxy) is 2. The first-order valence-electron chi connectivity index (χ1n) is 7.28. The molecular weight excluding hydrogens is 336 g/mol. The SMILES string of the molecule is CC(NC(=O)C1CCCN1)c1cc2c(cc1Br)OCCO2. The fourth-order valence-corrected chi connectivity index (χ4v) is 3.38. The number of halogens is 1. The minimum atomic E-state index is -0.0925. The standard InChI is InChI=1S/C15H19BrN2O3/c1-9(18-15(19)12-3-2-4-17-12)10-7-13-14(8-11(10)16)21-6-5-20-13/h7-9,12,17H,2-6H2,1H3,(H,18,19). The van der Waals surface area contributed by atoms with E-state index in [0.29, 0.717) is 13.2 Å². The minimum absolute atomic E-state index is 0.0572. The molecule has 0 bridgehead atoms. The van der Waals surface area contributed by atoms with E-state index in [1.165, 1.54) is 0 Å². The van der Waals surface area contributed by atoms with Crippen LogP contribution >= 0.6 is 15.9 Å². The van der Waals surface area contributed by atoms with Crippen LogP contribution in [0.15, 0.2) is 16.6 Å². The van der Waals surface area contributed by atoms with Crippen molar-refractivity contribution in [2.24, 2.45) is 0 Å². The molecule has 21 heavy (non-hydrogen) atoms. The van der Waals surface area contributed by atoms with Crippen LogP contribution in [0.4, 0.5) is 0 Å². The molecule has 0 aliphatic carbocycles. The largest absolute Gasteiger partial charge is 0.486 e. The number of carbonyl (C=O) groups is 1. The van der Waals surface area contributed by atoms with Gasteiger partial charge in [-0.1, -0.05) is 15.9 Å². The Balaban J connectivity index is 1.74. The fourth-order valence-electron chi connectivity index (χ4n) is 2.71. The number of fused-ring (bicyclic) bond motifs is 1. The van der Waals surface area contributed by atoms with Crippen LogP contribution in [0.5, 0.6) is 11.5 Å². The van der Waals surface area contributed by atoms with Crippen molar-refractivity contribution < 1.29 is 14.3 Å². The van der Waals surface area contributed by atoms with Gasteiger partial charge in [0.2, 0.25) is 5.91 Å². The van der Waals surface area contributed by atoms with Gasteiger partial charge in [-0.2, -0.15) is 0 Å². The monoisotopic (exact) mass is 354 g/mol. The van der Waals surface area contributed by atoms with Gasteiger partial charge in [0.25, 0.3) is 0 Å². The summed E-state index contributed by atoms with van der Waals surface area (Å²) in [5.41, 5.74) is 0.991. The molecule has 6 heteroatoms. The zero-order valence-electron chi connectivity index (χ0n) is 11.9. The second-order valence-corrected chi connectivity index (χ2v) is 6.25. The highest BCUT2D eigenvalue weighted by molar-refractivity contribution is 9.10. The first kappa shape index (κ1) is 14.7. The van der Waals surface area contributed by atoms with Crippen LogP contribution in [-0.4, -0.2) is 31.7 Å². The minimum Gasteiger partial charge on any atom is -0.486 e. The van der Waals surface area contributed by atoms with Gasteiger partial charge in [0.15, 0.2) is 11.5 Å². The van der Waals surface area contributed by atoms with Gasteiger partial charge in [0, 0.05) is 4.47 Å². The van der Waals surface area contributed by atoms with Crippen molar-refractivity contribution in [3.8, 4) is 11.5 Å². The quantitative estimate of drug-likeness (QED) is 0.872. The lowest BCUT2D eigenvalue weighted by Crippen LogP contribution is -2.41. The molecule has 2 aliphatic rings. The van der Waals surface area contributed by atoms with Gasteiger partial charge in [0.1, 0.15) is 13.2 Å². The van der Waals surface area contributed by atoms with Crippen LogP contribution in [0, 0.1) is 0 Å². The van der Waals surface area contributed by atoms with Crippen LogP contribution in [0.1, 0.15) is 31.4 Å². The maximum absolute atomic E-state index is 12.2. The highest BCUT2D eigenvalue weighted by atomic mass is 79.9. The molecule has 1 aromatic carbocycles. The number of rotatable bonds is 3. The van der Waals surface area contributed by atoms with E-state index in [9.17, 15) is 4.79 Å². The summed E-state index contributed by atoms with van der Waals surface area (Å²) in [4.78, 5) is 12.2. The molecule has 2 heterocycles. The maximum atomic E-state index is 12.2. The Hall–Kier alpha value is -1.27. The number of benzene rings is 1. The predicted molar refractivity (Wildman–Crippen MR) is 82.7 cm³/mol. The van der Waals surface area contributed by atoms with Crippen molar-refractivity contribution >= 4 is 21.8 Å². The van der Waals surface area contributed by atoms with E-state index in [1.807, 2.05) is 19.1 Å². The van der Waals surface area contributed by atoms with E-state index in [2.05, 4.69) is 26.6 Å². The van der Waals surface area contributed by atoms with E-state index in [0.717, 1.165) is 40.9 Å². The third kappa shape index (κ3) is 3.16. The zero-order valence-corrected chi connectivity index (χ0v) is 13.5. The van der Waals surface area contributed by atoms with Crippen molar-refractivity contribution in [2.45, 2.75) is 31.8 Å². The van der Waals surface area contributed by atoms with Crippen molar-refractivity contribution in [3.63, 3.8) is 0 Å². The molecule has 1 amide bonds. The Labute approximate surface area is 132 Å². The van der Waals surface area contributed by atoms with Gasteiger partial charge < -0.3 is 20.1 Å². The van der Waals surface area contributed by atoms with Crippen molar-refractivity contribution in [2.75, 3.05) is 19.8 Å². The van der Waals surface area contributed by atoms with Crippen molar-refractivity contribution in [3.05, 3.63) is 22.2 Å². The van der Waals surface area contributed by atoms with Gasteiger partial charge >= 0.3 is 0 Å². The molecule has 0 aromatic heterocycles. The number of carbonyl (C=O) groups excluding carboxylic acids is 1. The summed E-state index contributed by atoms with van der Waals surface area (Å²) in [5.74, 6) is 1.54. The molecule has 1 fully saturated rings. The molecule has 3 rings (SSSR count). The van der Waals surface area contributed by atoms with E-state index >= 15 is 0 Å². The Morgan fingerprint density at radius 2 is 2.10 bits per heavy atom. The van der Waals surface area contributed by atoms with Crippen LogP contribution in [0.2, 0.25) is 0 Å². The molecule has 2 atom stereocenters. The molecule has 114 valence electrons. The summed E-state index contributed by atoms with van der Waals surface area (Å²) in [6.45, 7) is 4.02. The molecule has 0 saturated carbocycles. The smallest absolute Gasteiger partial charge is 0.237 e. The lowest BCUT2D eigenvalue weighted by atomic mass is 10.1. The van der Waals surface area contributed by atoms with Crippen molar-refractivity contribution in [1.82, 2.24) is 10.6 Å². The second kappa shape index (κ2) is 6.23. The number of hydrogen-bond donors (Lipinski definition) is 2. The maximum Gasteiger partial charge on any atom is 0.237 e. The van der Waals surface area contributed by atoms with Gasteiger partial charge in [-0.25, -0.2) is 0 Å². The van der Waals surface area contributed by atoms with Gasteiger partial charge in [-0.15, -0.1) is 0 Å². The Kier molecular flexibility index (Phi) is 4.35. The molecule has 2 N–H and O–H groups in total. The number of hydrogen-bond acceptors (Lipinski definition) is 4. The Bertz CT molecular complexity index is 544. The number of nitrogens with one attached hydrogen (secondary N) is 2. The summed E-state index contributed by atoms with van der Waals surface area (Å²) < 4.78 is 12.1. The highest BCUT2D eigenvalue weighted by Gasteiger charge is 2.25. The third-order valence-electron chi connectivity index (χ3n) is 3.86. The summed E-state index contributed by atoms with van der Waals surface area (Å²) in [7, 11) is 0. The molecule has 1 saturated heterocycles. The predicted octanol–water partition coefficient (Wildman–Crippen LogP) is 2.15. The average Bonchev–Trinajstić information content (AvgIpc) is 3.00. The van der Waals surface area contributed by atoms with Crippen LogP contribution < -0.4 is 20.1 Å². The van der Waals surface area contributed by atoms with E-state index in [-0.39, 0.29) is 18.0 Å². The van der Waals surface area contributed by atoms with E-state index in [4.69, 9.17) is 9.47 Å². The van der Waals surface area contributed by atoms with Crippen LogP contribution in [0.25, 0.3) is 0 Å². The molecule has 2 aliphatic heterocycles. The summed E-state index contributed by atoms with van der Waals surface area (Å²) >= 11 is 3.55. The van der Waals surface area contributed by atoms with Gasteiger partial charge in [0.05, 0.1) is 12.1 Å². The molecule has 2 unspecified atom stereocenters. The van der Waals surface area contributed by atoms with Crippen molar-refractivity contribution in [1.29, 1.82) is 0 Å². The van der Waals surface area contributed by atoms with E-state index < -0.39 is 0 Å². The fraction of sp³-hybridized carbons (Fsp3) is 0.533. The first-order chi connectivity index (χ1) is 10.1. The Morgan fingerprint density at radius 3 is 2.76 bits per heavy atom. The summed E-state index contributed by atoms with van der Waals surface area (Å²) in [6.07, 6.45) is 1.96. The third-order valence-corrected chi connectivity index (χ3v) is 4.55. The molecule has 1 aromatic rings. The second-order valence-electron chi connectivity index (χ2n) is 5.40. The topological polar surface area (TPSA) is 59.6 Å². The summed E-state index contributed by atoms with van der Waals surface area (Å²) in [5, 5.41) is 6.27. The molecular formula is C15H19BrN2O3. The molecule has 0 spiro atoms. The lowest BCUT2D eigenvalue weighted by molar-refractivity contribution is -0.123. The Morgan fingerprint density at radius 1 is 1.38 bits per heavy atom. The molecule has 0 radical (unpaired) electrons. The zero-order chi connectivity index (χ0) is 14.8. The summed E-state index contributed by atoms with van der Waals surface area (Å²) in [6, 6.07) is 3.68. The highest BCUT2D eigenvalue weighted by Crippen LogP contribution is 2.37. The van der Waals surface area contributed by atoms with Gasteiger partial charge in [-0.3, -0.25) is 4.79 Å². The van der Waals surface area contributed by atoms with Crippen LogP contribution in [0.3, 0.4) is 0 Å². The lowest BCUT2D eigenvalue weighted by Gasteiger charge is -2.23.